The highest BCUT2D eigenvalue weighted by molar-refractivity contribution is 8.26. The van der Waals surface area contributed by atoms with Gasteiger partial charge in [0, 0.05) is 11.4 Å². The van der Waals surface area contributed by atoms with Gasteiger partial charge in [-0.15, -0.1) is 0 Å². The van der Waals surface area contributed by atoms with Crippen LogP contribution >= 0.6 is 35.6 Å². The lowest BCUT2D eigenvalue weighted by Crippen LogP contribution is -2.45. The van der Waals surface area contributed by atoms with E-state index in [9.17, 15) is 14.7 Å². The number of benzene rings is 3. The molecule has 0 spiro atoms. The number of carbonyl (C=O) groups is 2. The van der Waals surface area contributed by atoms with E-state index < -0.39 is 17.9 Å². The lowest BCUT2D eigenvalue weighted by Gasteiger charge is -2.23. The summed E-state index contributed by atoms with van der Waals surface area (Å²) in [5.74, 6) is -0.807. The monoisotopic (exact) mass is 509 g/mol. The summed E-state index contributed by atoms with van der Waals surface area (Å²) in [6.07, 6.45) is 1.89. The van der Waals surface area contributed by atoms with Crippen molar-refractivity contribution in [3.8, 4) is 5.75 Å². The number of carbonyl (C=O) groups excluding carboxylic acids is 1. The number of carboxylic acids is 1. The van der Waals surface area contributed by atoms with E-state index in [4.69, 9.17) is 28.6 Å². The van der Waals surface area contributed by atoms with Crippen LogP contribution in [0.1, 0.15) is 16.7 Å². The van der Waals surface area contributed by atoms with E-state index in [1.807, 2.05) is 78.9 Å². The van der Waals surface area contributed by atoms with Gasteiger partial charge in [-0.2, -0.15) is 0 Å². The van der Waals surface area contributed by atoms with Gasteiger partial charge < -0.3 is 9.84 Å². The van der Waals surface area contributed by atoms with Gasteiger partial charge in [-0.3, -0.25) is 9.69 Å². The number of carboxylic acid groups (broad SMARTS) is 1. The minimum Gasteiger partial charge on any atom is -0.489 e. The van der Waals surface area contributed by atoms with Crippen LogP contribution in [0, 0.1) is 0 Å². The minimum atomic E-state index is -1.09. The van der Waals surface area contributed by atoms with Gasteiger partial charge in [0.25, 0.3) is 5.91 Å². The van der Waals surface area contributed by atoms with Crippen LogP contribution in [0.15, 0.2) is 83.8 Å². The summed E-state index contributed by atoms with van der Waals surface area (Å²) in [6, 6.07) is 22.9. The third-order valence-electron chi connectivity index (χ3n) is 5.19. The number of ether oxygens (including phenoxy) is 1. The average Bonchev–Trinajstić information content (AvgIpc) is 3.11. The smallest absolute Gasteiger partial charge is 0.327 e. The molecule has 1 fully saturated rings. The summed E-state index contributed by atoms with van der Waals surface area (Å²) >= 11 is 12.4. The molecule has 0 radical (unpaired) electrons. The Morgan fingerprint density at radius 2 is 1.71 bits per heavy atom. The van der Waals surface area contributed by atoms with Crippen LogP contribution in [0.25, 0.3) is 6.08 Å². The maximum Gasteiger partial charge on any atom is 0.327 e. The SMILES string of the molecule is O=C(O)[C@H](Cc1ccccc1)N1C(=O)/C(=C/c2ccc(OCc3ccc(Cl)cc3)cc2)SC1=S. The van der Waals surface area contributed by atoms with Gasteiger partial charge in [0.1, 0.15) is 22.7 Å². The Labute approximate surface area is 212 Å². The number of nitrogens with zero attached hydrogens (tertiary/aromatic N) is 1. The summed E-state index contributed by atoms with van der Waals surface area (Å²) in [5, 5.41) is 10.5. The van der Waals surface area contributed by atoms with E-state index in [2.05, 4.69) is 0 Å². The molecule has 1 aliphatic rings. The fourth-order valence-electron chi connectivity index (χ4n) is 3.43. The minimum absolute atomic E-state index is 0.176. The van der Waals surface area contributed by atoms with Crippen molar-refractivity contribution in [1.82, 2.24) is 4.90 Å². The van der Waals surface area contributed by atoms with Crippen molar-refractivity contribution < 1.29 is 19.4 Å². The average molecular weight is 510 g/mol. The van der Waals surface area contributed by atoms with Gasteiger partial charge in [-0.05, 0) is 47.0 Å². The van der Waals surface area contributed by atoms with Crippen LogP contribution in [0.3, 0.4) is 0 Å². The van der Waals surface area contributed by atoms with Crippen LogP contribution in [0.5, 0.6) is 5.75 Å². The van der Waals surface area contributed by atoms with Crippen LogP contribution < -0.4 is 4.74 Å². The first-order valence-corrected chi connectivity index (χ1v) is 12.0. The van der Waals surface area contributed by atoms with Gasteiger partial charge >= 0.3 is 5.97 Å². The second-order valence-corrected chi connectivity index (χ2v) is 9.69. The fourth-order valence-corrected chi connectivity index (χ4v) is 4.92. The van der Waals surface area contributed by atoms with Crippen molar-refractivity contribution in [1.29, 1.82) is 0 Å². The summed E-state index contributed by atoms with van der Waals surface area (Å²) in [4.78, 5) is 26.6. The highest BCUT2D eigenvalue weighted by Crippen LogP contribution is 2.35. The van der Waals surface area contributed by atoms with Crippen LogP contribution in [0.2, 0.25) is 5.02 Å². The molecule has 0 bridgehead atoms. The van der Waals surface area contributed by atoms with Crippen LogP contribution in [0.4, 0.5) is 0 Å². The Kier molecular flexibility index (Phi) is 7.67. The molecule has 4 rings (SSSR count). The number of hydrogen-bond donors (Lipinski definition) is 1. The van der Waals surface area contributed by atoms with Gasteiger partial charge in [0.05, 0.1) is 4.91 Å². The molecule has 1 aliphatic heterocycles. The zero-order valence-electron chi connectivity index (χ0n) is 17.9. The quantitative estimate of drug-likeness (QED) is 0.305. The number of hydrogen-bond acceptors (Lipinski definition) is 5. The summed E-state index contributed by atoms with van der Waals surface area (Å²) < 4.78 is 6.03. The van der Waals surface area contributed by atoms with E-state index in [-0.39, 0.29) is 10.7 Å². The Morgan fingerprint density at radius 3 is 2.35 bits per heavy atom. The number of amides is 1. The molecule has 1 heterocycles. The molecule has 1 N–H and O–H groups in total. The molecular formula is C26H20ClNO4S2. The Balaban J connectivity index is 1.44. The highest BCUT2D eigenvalue weighted by atomic mass is 35.5. The zero-order valence-corrected chi connectivity index (χ0v) is 20.3. The maximum absolute atomic E-state index is 13.1. The second kappa shape index (κ2) is 10.9. The fraction of sp³-hybridized carbons (Fsp3) is 0.115. The Hall–Kier alpha value is -3.13. The number of rotatable bonds is 8. The molecular weight excluding hydrogens is 490 g/mol. The van der Waals surface area contributed by atoms with Crippen molar-refractivity contribution in [3.63, 3.8) is 0 Å². The van der Waals surface area contributed by atoms with E-state index in [0.29, 0.717) is 22.3 Å². The van der Waals surface area contributed by atoms with E-state index in [0.717, 1.165) is 28.5 Å². The predicted molar refractivity (Wildman–Crippen MR) is 139 cm³/mol. The molecule has 0 aliphatic carbocycles. The van der Waals surface area contributed by atoms with Crippen LogP contribution in [-0.2, 0) is 22.6 Å². The molecule has 3 aromatic carbocycles. The molecule has 1 atom stereocenters. The van der Waals surface area contributed by atoms with E-state index in [1.165, 1.54) is 4.90 Å². The molecule has 3 aromatic rings. The van der Waals surface area contributed by atoms with Gasteiger partial charge in [0.15, 0.2) is 0 Å². The third kappa shape index (κ3) is 5.86. The molecule has 1 saturated heterocycles. The summed E-state index contributed by atoms with van der Waals surface area (Å²) in [7, 11) is 0. The van der Waals surface area contributed by atoms with E-state index in [1.54, 1.807) is 6.08 Å². The van der Waals surface area contributed by atoms with Crippen molar-refractivity contribution >= 4 is 57.9 Å². The topological polar surface area (TPSA) is 66.8 Å². The number of halogens is 1. The van der Waals surface area contributed by atoms with Gasteiger partial charge in [-0.25, -0.2) is 4.79 Å². The third-order valence-corrected chi connectivity index (χ3v) is 6.77. The lowest BCUT2D eigenvalue weighted by molar-refractivity contribution is -0.145. The molecule has 34 heavy (non-hydrogen) atoms. The second-order valence-electron chi connectivity index (χ2n) is 7.58. The van der Waals surface area contributed by atoms with Crippen LogP contribution in [-0.4, -0.2) is 32.2 Å². The molecule has 8 heteroatoms. The van der Waals surface area contributed by atoms with Crippen molar-refractivity contribution in [2.45, 2.75) is 19.1 Å². The zero-order chi connectivity index (χ0) is 24.1. The van der Waals surface area contributed by atoms with E-state index >= 15 is 0 Å². The molecule has 0 unspecified atom stereocenters. The van der Waals surface area contributed by atoms with Crippen molar-refractivity contribution in [2.24, 2.45) is 0 Å². The van der Waals surface area contributed by atoms with Gasteiger partial charge in [0.2, 0.25) is 0 Å². The molecule has 5 nitrogen and oxygen atoms in total. The largest absolute Gasteiger partial charge is 0.489 e. The standard InChI is InChI=1S/C26H20ClNO4S2/c27-20-10-6-19(7-11-20)16-32-21-12-8-18(9-13-21)15-23-24(29)28(26(33)34-23)22(25(30)31)14-17-4-2-1-3-5-17/h1-13,15,22H,14,16H2,(H,30,31)/b23-15-/t22-/m0/s1. The molecule has 0 aromatic heterocycles. The highest BCUT2D eigenvalue weighted by Gasteiger charge is 2.40. The molecule has 1 amide bonds. The first-order chi connectivity index (χ1) is 16.4. The Bertz CT molecular complexity index is 1230. The summed E-state index contributed by atoms with van der Waals surface area (Å²) in [6.45, 7) is 0.410. The normalized spacial score (nSPS) is 15.6. The first kappa shape index (κ1) is 24.0. The first-order valence-electron chi connectivity index (χ1n) is 10.4. The predicted octanol–water partition coefficient (Wildman–Crippen LogP) is 5.82. The maximum atomic E-state index is 13.1. The molecule has 172 valence electrons. The van der Waals surface area contributed by atoms with Crippen molar-refractivity contribution in [3.05, 3.63) is 105 Å². The molecule has 0 saturated carbocycles. The Morgan fingerprint density at radius 1 is 1.03 bits per heavy atom. The lowest BCUT2D eigenvalue weighted by atomic mass is 10.0. The number of aliphatic carboxylic acids is 1. The summed E-state index contributed by atoms with van der Waals surface area (Å²) in [5.41, 5.74) is 2.61. The van der Waals surface area contributed by atoms with Crippen molar-refractivity contribution in [2.75, 3.05) is 0 Å². The number of thiocarbonyl (C=S) groups is 1. The van der Waals surface area contributed by atoms with Gasteiger partial charge in [-0.1, -0.05) is 90.2 Å². The number of thioether (sulfide) groups is 1.